The zero-order valence-electron chi connectivity index (χ0n) is 10.0. The van der Waals surface area contributed by atoms with Gasteiger partial charge in [-0.1, -0.05) is 27.5 Å². The number of methoxy groups -OCH3 is 1. The second-order valence-electron chi connectivity index (χ2n) is 3.89. The van der Waals surface area contributed by atoms with Gasteiger partial charge in [0.05, 0.1) is 17.5 Å². The molecule has 1 aromatic carbocycles. The molecule has 0 aliphatic heterocycles. The number of thiophene rings is 1. The molecule has 96 valence electrons. The lowest BCUT2D eigenvalue weighted by molar-refractivity contribution is 0.414. The summed E-state index contributed by atoms with van der Waals surface area (Å²) in [7, 11) is 1.66. The van der Waals surface area contributed by atoms with Crippen molar-refractivity contribution in [2.75, 3.05) is 12.4 Å². The SMILES string of the molecule is COc1cc(Br)cc(NC(C)c2ccc(Cl)s2)c1. The van der Waals surface area contributed by atoms with Crippen molar-refractivity contribution in [3.05, 3.63) is 44.0 Å². The summed E-state index contributed by atoms with van der Waals surface area (Å²) in [6.45, 7) is 2.11. The van der Waals surface area contributed by atoms with Crippen molar-refractivity contribution in [3.8, 4) is 5.75 Å². The number of ether oxygens (including phenoxy) is 1. The summed E-state index contributed by atoms with van der Waals surface area (Å²) in [5.74, 6) is 0.822. The van der Waals surface area contributed by atoms with Crippen LogP contribution in [0.4, 0.5) is 5.69 Å². The number of halogens is 2. The maximum Gasteiger partial charge on any atom is 0.122 e. The summed E-state index contributed by atoms with van der Waals surface area (Å²) in [5.41, 5.74) is 1.01. The van der Waals surface area contributed by atoms with E-state index < -0.39 is 0 Å². The van der Waals surface area contributed by atoms with Crippen molar-refractivity contribution in [2.45, 2.75) is 13.0 Å². The Morgan fingerprint density at radius 3 is 2.72 bits per heavy atom. The number of nitrogens with one attached hydrogen (secondary N) is 1. The second kappa shape index (κ2) is 5.95. The van der Waals surface area contributed by atoms with Crippen LogP contribution in [0.1, 0.15) is 17.8 Å². The number of benzene rings is 1. The fraction of sp³-hybridized carbons (Fsp3) is 0.231. The molecule has 0 fully saturated rings. The van der Waals surface area contributed by atoms with E-state index in [-0.39, 0.29) is 6.04 Å². The molecule has 0 saturated carbocycles. The van der Waals surface area contributed by atoms with Crippen LogP contribution in [-0.4, -0.2) is 7.11 Å². The van der Waals surface area contributed by atoms with E-state index >= 15 is 0 Å². The largest absolute Gasteiger partial charge is 0.497 e. The van der Waals surface area contributed by atoms with Gasteiger partial charge in [0.2, 0.25) is 0 Å². The lowest BCUT2D eigenvalue weighted by Gasteiger charge is -2.15. The summed E-state index contributed by atoms with van der Waals surface area (Å²) in [4.78, 5) is 1.21. The summed E-state index contributed by atoms with van der Waals surface area (Å²) < 4.78 is 7.04. The molecule has 0 bridgehead atoms. The third-order valence-corrected chi connectivity index (χ3v) is 4.38. The lowest BCUT2D eigenvalue weighted by Crippen LogP contribution is -2.04. The smallest absolute Gasteiger partial charge is 0.122 e. The molecule has 2 nitrogen and oxygen atoms in total. The first kappa shape index (κ1) is 13.7. The summed E-state index contributed by atoms with van der Waals surface area (Å²) >= 11 is 11.0. The van der Waals surface area contributed by atoms with Crippen molar-refractivity contribution in [1.82, 2.24) is 0 Å². The second-order valence-corrected chi connectivity index (χ2v) is 6.55. The highest BCUT2D eigenvalue weighted by Gasteiger charge is 2.09. The Labute approximate surface area is 124 Å². The third-order valence-electron chi connectivity index (χ3n) is 2.51. The van der Waals surface area contributed by atoms with Crippen molar-refractivity contribution in [3.63, 3.8) is 0 Å². The Kier molecular flexibility index (Phi) is 4.54. The van der Waals surface area contributed by atoms with Crippen LogP contribution in [-0.2, 0) is 0 Å². The van der Waals surface area contributed by atoms with Gasteiger partial charge in [-0.05, 0) is 31.2 Å². The van der Waals surface area contributed by atoms with Gasteiger partial charge in [-0.2, -0.15) is 0 Å². The zero-order valence-corrected chi connectivity index (χ0v) is 13.2. The van der Waals surface area contributed by atoms with E-state index in [0.29, 0.717) is 0 Å². The molecule has 0 spiro atoms. The van der Waals surface area contributed by atoms with Crippen LogP contribution in [0.25, 0.3) is 0 Å². The van der Waals surface area contributed by atoms with Gasteiger partial charge in [0.15, 0.2) is 0 Å². The third kappa shape index (κ3) is 3.40. The van der Waals surface area contributed by atoms with Crippen molar-refractivity contribution in [1.29, 1.82) is 0 Å². The van der Waals surface area contributed by atoms with Crippen LogP contribution < -0.4 is 10.1 Å². The van der Waals surface area contributed by atoms with Crippen LogP contribution in [0.2, 0.25) is 4.34 Å². The molecule has 0 aliphatic rings. The highest BCUT2D eigenvalue weighted by atomic mass is 79.9. The van der Waals surface area contributed by atoms with Crippen LogP contribution in [0, 0.1) is 0 Å². The van der Waals surface area contributed by atoms with E-state index in [1.54, 1.807) is 18.4 Å². The van der Waals surface area contributed by atoms with Crippen molar-refractivity contribution >= 4 is 44.6 Å². The van der Waals surface area contributed by atoms with E-state index in [4.69, 9.17) is 16.3 Å². The van der Waals surface area contributed by atoms with Gasteiger partial charge in [0.25, 0.3) is 0 Å². The number of hydrogen-bond acceptors (Lipinski definition) is 3. The van der Waals surface area contributed by atoms with Crippen molar-refractivity contribution < 1.29 is 4.74 Å². The van der Waals surface area contributed by atoms with Crippen molar-refractivity contribution in [2.24, 2.45) is 0 Å². The van der Waals surface area contributed by atoms with Crippen LogP contribution >= 0.6 is 38.9 Å². The first-order valence-electron chi connectivity index (χ1n) is 5.45. The van der Waals surface area contributed by atoms with Gasteiger partial charge < -0.3 is 10.1 Å². The Balaban J connectivity index is 2.16. The average Bonchev–Trinajstić information content (AvgIpc) is 2.75. The summed E-state index contributed by atoms with van der Waals surface area (Å²) in [6, 6.07) is 10.1. The lowest BCUT2D eigenvalue weighted by atomic mass is 10.2. The first-order chi connectivity index (χ1) is 8.58. The molecule has 1 atom stereocenters. The quantitative estimate of drug-likeness (QED) is 0.806. The molecule has 18 heavy (non-hydrogen) atoms. The number of hydrogen-bond donors (Lipinski definition) is 1. The topological polar surface area (TPSA) is 21.3 Å². The zero-order chi connectivity index (χ0) is 13.1. The molecular weight excluding hydrogens is 334 g/mol. The van der Waals surface area contributed by atoms with Crippen LogP contribution in [0.15, 0.2) is 34.8 Å². The normalized spacial score (nSPS) is 12.2. The molecule has 2 aromatic rings. The minimum absolute atomic E-state index is 0.210. The summed E-state index contributed by atoms with van der Waals surface area (Å²) in [5, 5.41) is 3.43. The molecule has 1 aromatic heterocycles. The van der Waals surface area contributed by atoms with E-state index in [2.05, 4.69) is 28.2 Å². The average molecular weight is 347 g/mol. The van der Waals surface area contributed by atoms with Gasteiger partial charge >= 0.3 is 0 Å². The molecule has 2 rings (SSSR count). The fourth-order valence-electron chi connectivity index (χ4n) is 1.65. The van der Waals surface area contributed by atoms with Crippen LogP contribution in [0.3, 0.4) is 0 Å². The van der Waals surface area contributed by atoms with Gasteiger partial charge in [-0.25, -0.2) is 0 Å². The molecule has 0 saturated heterocycles. The minimum Gasteiger partial charge on any atom is -0.497 e. The van der Waals surface area contributed by atoms with E-state index in [9.17, 15) is 0 Å². The van der Waals surface area contributed by atoms with E-state index in [1.807, 2.05) is 30.3 Å². The molecule has 1 heterocycles. The Morgan fingerprint density at radius 2 is 2.11 bits per heavy atom. The molecule has 1 N–H and O–H groups in total. The number of rotatable bonds is 4. The van der Waals surface area contributed by atoms with E-state index in [0.717, 1.165) is 20.2 Å². The highest BCUT2D eigenvalue weighted by molar-refractivity contribution is 9.10. The minimum atomic E-state index is 0.210. The highest BCUT2D eigenvalue weighted by Crippen LogP contribution is 2.31. The molecule has 0 radical (unpaired) electrons. The number of anilines is 1. The van der Waals surface area contributed by atoms with Gasteiger partial charge in [-0.15, -0.1) is 11.3 Å². The monoisotopic (exact) mass is 345 g/mol. The Hall–Kier alpha value is -0.710. The fourth-order valence-corrected chi connectivity index (χ4v) is 3.18. The Morgan fingerprint density at radius 1 is 1.33 bits per heavy atom. The maximum atomic E-state index is 5.94. The first-order valence-corrected chi connectivity index (χ1v) is 7.43. The maximum absolute atomic E-state index is 5.94. The standard InChI is InChI=1S/C13H13BrClNOS/c1-8(12-3-4-13(15)18-12)16-10-5-9(14)6-11(7-10)17-2/h3-8,16H,1-2H3. The predicted molar refractivity (Wildman–Crippen MR) is 82.1 cm³/mol. The van der Waals surface area contributed by atoms with Gasteiger partial charge in [0.1, 0.15) is 5.75 Å². The molecule has 1 unspecified atom stereocenters. The molecule has 0 amide bonds. The summed E-state index contributed by atoms with van der Waals surface area (Å²) in [6.07, 6.45) is 0. The predicted octanol–water partition coefficient (Wildman–Crippen LogP) is 5.35. The van der Waals surface area contributed by atoms with Crippen LogP contribution in [0.5, 0.6) is 5.75 Å². The molecule has 0 aliphatic carbocycles. The van der Waals surface area contributed by atoms with Gasteiger partial charge in [0, 0.05) is 21.1 Å². The Bertz CT molecular complexity index is 544. The molecular formula is C13H13BrClNOS. The van der Waals surface area contributed by atoms with E-state index in [1.165, 1.54) is 4.88 Å². The molecule has 5 heteroatoms. The van der Waals surface area contributed by atoms with Gasteiger partial charge in [-0.3, -0.25) is 0 Å².